The van der Waals surface area contributed by atoms with Crippen LogP contribution in [0.25, 0.3) is 0 Å². The van der Waals surface area contributed by atoms with Crippen molar-refractivity contribution in [2.45, 2.75) is 17.8 Å². The van der Waals surface area contributed by atoms with Gasteiger partial charge in [-0.2, -0.15) is 5.10 Å². The van der Waals surface area contributed by atoms with E-state index in [1.807, 2.05) is 48.5 Å². The lowest BCUT2D eigenvalue weighted by atomic mass is 9.47. The van der Waals surface area contributed by atoms with E-state index in [1.54, 1.807) is 48.7 Å². The van der Waals surface area contributed by atoms with Crippen LogP contribution in [-0.2, 0) is 26.2 Å². The number of rotatable bonds is 5. The molecule has 9 heteroatoms. The molecule has 3 aliphatic carbocycles. The maximum absolute atomic E-state index is 14.4. The topological polar surface area (TPSA) is 97.3 Å². The zero-order valence-corrected chi connectivity index (χ0v) is 23.5. The van der Waals surface area contributed by atoms with Crippen molar-refractivity contribution in [1.82, 2.24) is 5.43 Å². The monoisotopic (exact) mass is 589 g/mol. The van der Waals surface area contributed by atoms with Gasteiger partial charge in [0.25, 0.3) is 0 Å². The lowest BCUT2D eigenvalue weighted by Crippen LogP contribution is -2.54. The molecule has 0 aromatic heterocycles. The Morgan fingerprint density at radius 3 is 2.33 bits per heavy atom. The lowest BCUT2D eigenvalue weighted by molar-refractivity contribution is -0.123. The first kappa shape index (κ1) is 25.7. The third kappa shape index (κ3) is 3.63. The van der Waals surface area contributed by atoms with Gasteiger partial charge in [-0.3, -0.25) is 14.4 Å². The number of benzene rings is 4. The molecule has 4 aromatic rings. The summed E-state index contributed by atoms with van der Waals surface area (Å²) < 4.78 is 10.8. The number of nitrogens with one attached hydrogen (secondary N) is 1. The molecular weight excluding hydrogens is 566 g/mol. The summed E-state index contributed by atoms with van der Waals surface area (Å²) in [4.78, 5) is 42.9. The van der Waals surface area contributed by atoms with E-state index in [1.165, 1.54) is 4.90 Å². The van der Waals surface area contributed by atoms with Crippen LogP contribution in [0.4, 0.5) is 5.69 Å². The van der Waals surface area contributed by atoms with E-state index >= 15 is 0 Å². The fraction of sp³-hybridized carbons (Fsp3) is 0.176. The Labute approximate surface area is 251 Å². The lowest BCUT2D eigenvalue weighted by Gasteiger charge is -2.52. The molecule has 0 saturated carbocycles. The number of nitrogens with zero attached hydrogens (tertiary/aromatic N) is 2. The number of fused-ring (bicyclic) bond motifs is 1. The Balaban J connectivity index is 1.22. The number of carbonyl (C=O) groups excluding carboxylic acids is 3. The fourth-order valence-electron chi connectivity index (χ4n) is 7.40. The maximum atomic E-state index is 14.4. The van der Waals surface area contributed by atoms with Crippen molar-refractivity contribution >= 4 is 41.2 Å². The van der Waals surface area contributed by atoms with E-state index in [2.05, 4.69) is 10.5 Å². The molecule has 3 amide bonds. The zero-order valence-electron chi connectivity index (χ0n) is 22.7. The zero-order chi connectivity index (χ0) is 29.3. The van der Waals surface area contributed by atoms with Gasteiger partial charge in [-0.1, -0.05) is 78.3 Å². The summed E-state index contributed by atoms with van der Waals surface area (Å²) in [6.45, 7) is 0.151. The van der Waals surface area contributed by atoms with E-state index in [0.717, 1.165) is 27.8 Å². The summed E-state index contributed by atoms with van der Waals surface area (Å²) in [5.74, 6) is -1.47. The van der Waals surface area contributed by atoms with Gasteiger partial charge in [0, 0.05) is 12.1 Å². The molecule has 4 aromatic carbocycles. The van der Waals surface area contributed by atoms with Crippen molar-refractivity contribution in [3.63, 3.8) is 0 Å². The van der Waals surface area contributed by atoms with Crippen molar-refractivity contribution in [2.75, 3.05) is 11.7 Å². The largest absolute Gasteiger partial charge is 0.454 e. The van der Waals surface area contributed by atoms with Crippen molar-refractivity contribution in [2.24, 2.45) is 16.9 Å². The Kier molecular flexibility index (Phi) is 5.71. The van der Waals surface area contributed by atoms with Gasteiger partial charge < -0.3 is 9.47 Å². The summed E-state index contributed by atoms with van der Waals surface area (Å²) in [5, 5.41) is 4.80. The van der Waals surface area contributed by atoms with Crippen molar-refractivity contribution < 1.29 is 23.9 Å². The van der Waals surface area contributed by atoms with Crippen LogP contribution in [0.1, 0.15) is 33.7 Å². The molecule has 5 aliphatic rings. The predicted molar refractivity (Wildman–Crippen MR) is 159 cm³/mol. The van der Waals surface area contributed by atoms with E-state index in [4.69, 9.17) is 21.1 Å². The van der Waals surface area contributed by atoms with Crippen LogP contribution in [0.3, 0.4) is 0 Å². The SMILES string of the molecule is O=C(Cc1ccc2c(c1)OCO2)N/N=C\C12c3ccccc3C(c3ccccc31)[C@@H]1C(=O)N(c3ccccc3Cl)C(=O)[C@H]12. The molecule has 8 nitrogen and oxygen atoms in total. The molecule has 0 radical (unpaired) electrons. The van der Waals surface area contributed by atoms with E-state index < -0.39 is 17.3 Å². The van der Waals surface area contributed by atoms with Gasteiger partial charge >= 0.3 is 0 Å². The number of carbonyl (C=O) groups is 3. The van der Waals surface area contributed by atoms with Crippen molar-refractivity contribution in [3.05, 3.63) is 124 Å². The number of para-hydroxylation sites is 1. The van der Waals surface area contributed by atoms with Crippen LogP contribution in [0, 0.1) is 11.8 Å². The van der Waals surface area contributed by atoms with Crippen molar-refractivity contribution in [1.29, 1.82) is 0 Å². The molecular formula is C34H24ClN3O5. The first-order valence-corrected chi connectivity index (χ1v) is 14.4. The molecule has 2 aliphatic heterocycles. The average molecular weight is 590 g/mol. The van der Waals surface area contributed by atoms with E-state index in [-0.39, 0.29) is 36.9 Å². The Morgan fingerprint density at radius 1 is 0.907 bits per heavy atom. The van der Waals surface area contributed by atoms with Crippen molar-refractivity contribution in [3.8, 4) is 11.5 Å². The summed E-state index contributed by atoms with van der Waals surface area (Å²) >= 11 is 6.52. The number of anilines is 1. The van der Waals surface area contributed by atoms with Gasteiger partial charge in [-0.05, 0) is 52.1 Å². The maximum Gasteiger partial charge on any atom is 0.244 e. The van der Waals surface area contributed by atoms with Gasteiger partial charge in [0.1, 0.15) is 0 Å². The molecule has 2 bridgehead atoms. The molecule has 9 rings (SSSR count). The second kappa shape index (κ2) is 9.54. The fourth-order valence-corrected chi connectivity index (χ4v) is 7.62. The predicted octanol–water partition coefficient (Wildman–Crippen LogP) is 4.96. The van der Waals surface area contributed by atoms with Gasteiger partial charge in [-0.15, -0.1) is 0 Å². The smallest absolute Gasteiger partial charge is 0.244 e. The second-order valence-electron chi connectivity index (χ2n) is 11.1. The van der Waals surface area contributed by atoms with Gasteiger partial charge in [0.05, 0.1) is 34.4 Å². The van der Waals surface area contributed by atoms with E-state index in [9.17, 15) is 14.4 Å². The summed E-state index contributed by atoms with van der Waals surface area (Å²) in [6, 6.07) is 28.0. The molecule has 212 valence electrons. The normalized spacial score (nSPS) is 24.2. The highest BCUT2D eigenvalue weighted by molar-refractivity contribution is 6.36. The Bertz CT molecular complexity index is 1840. The Morgan fingerprint density at radius 2 is 1.58 bits per heavy atom. The number of hydrogen-bond donors (Lipinski definition) is 1. The third-order valence-electron chi connectivity index (χ3n) is 9.04. The highest BCUT2D eigenvalue weighted by Gasteiger charge is 2.68. The van der Waals surface area contributed by atoms with Crippen LogP contribution in [0.5, 0.6) is 11.5 Å². The van der Waals surface area contributed by atoms with Crippen LogP contribution >= 0.6 is 11.6 Å². The quantitative estimate of drug-likeness (QED) is 0.202. The van der Waals surface area contributed by atoms with Gasteiger partial charge in [0.15, 0.2) is 11.5 Å². The molecule has 1 N–H and O–H groups in total. The van der Waals surface area contributed by atoms with Gasteiger partial charge in [0.2, 0.25) is 24.5 Å². The molecule has 0 unspecified atom stereocenters. The van der Waals surface area contributed by atoms with Gasteiger partial charge in [-0.25, -0.2) is 10.3 Å². The summed E-state index contributed by atoms with van der Waals surface area (Å²) in [7, 11) is 0. The third-order valence-corrected chi connectivity index (χ3v) is 9.36. The standard InChI is InChI=1S/C34H24ClN3O5/c35-24-11-5-6-12-25(24)38-32(40)30-29-20-7-1-3-9-22(20)34(31(30)33(38)41,23-10-4-2-8-21(23)29)17-36-37-28(39)16-19-13-14-26-27(15-19)43-18-42-26/h1-15,17,29-31H,16,18H2,(H,37,39)/b36-17-/t29?,30-,31-,34?/m0/s1. The number of amides is 3. The minimum Gasteiger partial charge on any atom is -0.454 e. The average Bonchev–Trinajstić information content (AvgIpc) is 3.60. The summed E-state index contributed by atoms with van der Waals surface area (Å²) in [5.41, 5.74) is 6.43. The molecule has 43 heavy (non-hydrogen) atoms. The number of imide groups is 1. The molecule has 1 fully saturated rings. The molecule has 1 saturated heterocycles. The highest BCUT2D eigenvalue weighted by Crippen LogP contribution is 2.63. The van der Waals surface area contributed by atoms with E-state index in [0.29, 0.717) is 22.2 Å². The molecule has 2 atom stereocenters. The van der Waals surface area contributed by atoms with Crippen LogP contribution in [0.2, 0.25) is 5.02 Å². The molecule has 0 spiro atoms. The number of ether oxygens (including phenoxy) is 2. The number of hydrazone groups is 1. The number of hydrogen-bond acceptors (Lipinski definition) is 6. The van der Waals surface area contributed by atoms with Crippen LogP contribution in [0.15, 0.2) is 96.1 Å². The Hall–Kier alpha value is -4.95. The minimum atomic E-state index is -1.10. The first-order valence-electron chi connectivity index (χ1n) is 14.0. The molecule has 2 heterocycles. The second-order valence-corrected chi connectivity index (χ2v) is 11.6. The first-order chi connectivity index (χ1) is 21.0. The summed E-state index contributed by atoms with van der Waals surface area (Å²) in [6.07, 6.45) is 1.72. The van der Waals surface area contributed by atoms with Crippen LogP contribution in [-0.4, -0.2) is 30.7 Å². The minimum absolute atomic E-state index is 0.0694. The number of halogens is 1. The highest BCUT2D eigenvalue weighted by atomic mass is 35.5. The van der Waals surface area contributed by atoms with Crippen LogP contribution < -0.4 is 19.8 Å².